The van der Waals surface area contributed by atoms with E-state index >= 15 is 0 Å². The molecule has 13 heavy (non-hydrogen) atoms. The summed E-state index contributed by atoms with van der Waals surface area (Å²) < 4.78 is 28.2. The molecule has 1 rings (SSSR count). The van der Waals surface area contributed by atoms with Gasteiger partial charge in [-0.2, -0.15) is 0 Å². The third-order valence-electron chi connectivity index (χ3n) is 1.42. The minimum absolute atomic E-state index is 0.201. The lowest BCUT2D eigenvalue weighted by Crippen LogP contribution is -2.08. The Labute approximate surface area is 74.8 Å². The smallest absolute Gasteiger partial charge is 0.272 e. The van der Waals surface area contributed by atoms with E-state index in [0.29, 0.717) is 0 Å². The van der Waals surface area contributed by atoms with Crippen molar-refractivity contribution in [3.63, 3.8) is 0 Å². The molecule has 0 saturated heterocycles. The Bertz CT molecular complexity index is 268. The van der Waals surface area contributed by atoms with Gasteiger partial charge in [0.2, 0.25) is 5.88 Å². The topological polar surface area (TPSA) is 35.0 Å². The van der Waals surface area contributed by atoms with Gasteiger partial charge < -0.3 is 4.74 Å². The fourth-order valence-electron chi connectivity index (χ4n) is 0.798. The first-order valence-corrected chi connectivity index (χ1v) is 3.94. The molecule has 0 fully saturated rings. The van der Waals surface area contributed by atoms with Crippen LogP contribution in [0.15, 0.2) is 12.4 Å². The summed E-state index contributed by atoms with van der Waals surface area (Å²) in [6.07, 6.45) is -0.437. The molecule has 72 valence electrons. The Morgan fingerprint density at radius 3 is 2.85 bits per heavy atom. The summed E-state index contributed by atoms with van der Waals surface area (Å²) in [7, 11) is 0. The predicted octanol–water partition coefficient (Wildman–Crippen LogP) is 1.68. The minimum atomic E-state index is -2.47. The zero-order chi connectivity index (χ0) is 9.68. The highest BCUT2D eigenvalue weighted by molar-refractivity contribution is 5.13. The van der Waals surface area contributed by atoms with E-state index in [-0.39, 0.29) is 5.88 Å². The number of alkyl halides is 2. The van der Waals surface area contributed by atoms with Crippen LogP contribution in [0.5, 0.6) is 5.88 Å². The molecule has 0 radical (unpaired) electrons. The van der Waals surface area contributed by atoms with E-state index in [0.717, 1.165) is 12.1 Å². The van der Waals surface area contributed by atoms with Crippen LogP contribution in [0.1, 0.15) is 12.6 Å². The van der Waals surface area contributed by atoms with Gasteiger partial charge in [-0.05, 0) is 6.42 Å². The van der Waals surface area contributed by atoms with Crippen molar-refractivity contribution in [3.8, 4) is 5.88 Å². The van der Waals surface area contributed by atoms with Crippen molar-refractivity contribution in [1.82, 2.24) is 9.97 Å². The zero-order valence-corrected chi connectivity index (χ0v) is 7.20. The van der Waals surface area contributed by atoms with E-state index in [1.807, 2.05) is 6.92 Å². The molecule has 0 bridgehead atoms. The van der Waals surface area contributed by atoms with Crippen molar-refractivity contribution in [3.05, 3.63) is 18.1 Å². The van der Waals surface area contributed by atoms with Crippen LogP contribution in [0.25, 0.3) is 0 Å². The van der Waals surface area contributed by atoms with E-state index < -0.39 is 13.0 Å². The van der Waals surface area contributed by atoms with Crippen LogP contribution in [-0.4, -0.2) is 23.0 Å². The van der Waals surface area contributed by atoms with E-state index in [2.05, 4.69) is 9.97 Å². The molecule has 1 aromatic rings. The molecule has 1 aromatic heterocycles. The molecular formula is C8H10F2N2O. The Kier molecular flexibility index (Phi) is 3.54. The third kappa shape index (κ3) is 3.31. The molecule has 0 aliphatic carbocycles. The first-order valence-electron chi connectivity index (χ1n) is 3.94. The van der Waals surface area contributed by atoms with Crippen LogP contribution < -0.4 is 4.74 Å². The molecule has 0 N–H and O–H groups in total. The minimum Gasteiger partial charge on any atom is -0.472 e. The van der Waals surface area contributed by atoms with E-state index in [1.54, 1.807) is 6.07 Å². The second-order valence-corrected chi connectivity index (χ2v) is 2.40. The molecule has 0 atom stereocenters. The Morgan fingerprint density at radius 2 is 2.23 bits per heavy atom. The summed E-state index contributed by atoms with van der Waals surface area (Å²) in [6, 6.07) is 1.56. The van der Waals surface area contributed by atoms with Crippen molar-refractivity contribution in [1.29, 1.82) is 0 Å². The fraction of sp³-hybridized carbons (Fsp3) is 0.500. The predicted molar refractivity (Wildman–Crippen MR) is 42.9 cm³/mol. The second kappa shape index (κ2) is 4.69. The number of hydrogen-bond donors (Lipinski definition) is 0. The van der Waals surface area contributed by atoms with Gasteiger partial charge in [0.25, 0.3) is 6.43 Å². The first-order chi connectivity index (χ1) is 6.22. The first kappa shape index (κ1) is 9.83. The van der Waals surface area contributed by atoms with E-state index in [9.17, 15) is 8.78 Å². The maximum Gasteiger partial charge on any atom is 0.272 e. The van der Waals surface area contributed by atoms with Crippen molar-refractivity contribution >= 4 is 0 Å². The van der Waals surface area contributed by atoms with Gasteiger partial charge >= 0.3 is 0 Å². The third-order valence-corrected chi connectivity index (χ3v) is 1.42. The lowest BCUT2D eigenvalue weighted by Gasteiger charge is -2.04. The van der Waals surface area contributed by atoms with Crippen LogP contribution in [0.4, 0.5) is 8.78 Å². The number of ether oxygens (including phenoxy) is 1. The Hall–Kier alpha value is -1.26. The normalized spacial score (nSPS) is 10.5. The van der Waals surface area contributed by atoms with Crippen LogP contribution in [0.2, 0.25) is 0 Å². The van der Waals surface area contributed by atoms with Gasteiger partial charge in [-0.15, -0.1) is 0 Å². The quantitative estimate of drug-likeness (QED) is 0.721. The van der Waals surface area contributed by atoms with Gasteiger partial charge in [0.05, 0.1) is 0 Å². The van der Waals surface area contributed by atoms with Gasteiger partial charge in [0.1, 0.15) is 6.33 Å². The van der Waals surface area contributed by atoms with E-state index in [1.165, 1.54) is 6.33 Å². The lowest BCUT2D eigenvalue weighted by atomic mass is 10.3. The van der Waals surface area contributed by atoms with Crippen molar-refractivity contribution in [2.75, 3.05) is 6.61 Å². The number of hydrogen-bond acceptors (Lipinski definition) is 3. The molecule has 0 amide bonds. The Balaban J connectivity index is 2.56. The second-order valence-electron chi connectivity index (χ2n) is 2.40. The van der Waals surface area contributed by atoms with Gasteiger partial charge in [-0.1, -0.05) is 6.92 Å². The highest BCUT2D eigenvalue weighted by atomic mass is 19.3. The average Bonchev–Trinajstić information content (AvgIpc) is 2.15. The summed E-state index contributed by atoms with van der Waals surface area (Å²) in [5.41, 5.74) is 0.777. The van der Waals surface area contributed by atoms with Crippen LogP contribution in [-0.2, 0) is 6.42 Å². The summed E-state index contributed by atoms with van der Waals surface area (Å²) in [4.78, 5) is 7.60. The number of rotatable bonds is 4. The molecule has 5 heteroatoms. The maximum atomic E-state index is 11.7. The highest BCUT2D eigenvalue weighted by Crippen LogP contribution is 2.08. The largest absolute Gasteiger partial charge is 0.472 e. The van der Waals surface area contributed by atoms with E-state index in [4.69, 9.17) is 4.74 Å². The Morgan fingerprint density at radius 1 is 1.46 bits per heavy atom. The molecule has 3 nitrogen and oxygen atoms in total. The zero-order valence-electron chi connectivity index (χ0n) is 7.20. The van der Waals surface area contributed by atoms with Gasteiger partial charge in [0.15, 0.2) is 6.61 Å². The maximum absolute atomic E-state index is 11.7. The monoisotopic (exact) mass is 188 g/mol. The number of aryl methyl sites for hydroxylation is 1. The molecule has 0 spiro atoms. The van der Waals surface area contributed by atoms with Gasteiger partial charge in [-0.3, -0.25) is 0 Å². The number of halogens is 2. The highest BCUT2D eigenvalue weighted by Gasteiger charge is 2.04. The van der Waals surface area contributed by atoms with Crippen molar-refractivity contribution in [2.24, 2.45) is 0 Å². The SMILES string of the molecule is CCc1cc(OCC(F)F)ncn1. The molecule has 0 unspecified atom stereocenters. The summed E-state index contributed by atoms with van der Waals surface area (Å²) >= 11 is 0. The van der Waals surface area contributed by atoms with Crippen molar-refractivity contribution in [2.45, 2.75) is 19.8 Å². The van der Waals surface area contributed by atoms with Gasteiger partial charge in [0, 0.05) is 11.8 Å². The number of aromatic nitrogens is 2. The number of nitrogens with zero attached hydrogens (tertiary/aromatic N) is 2. The lowest BCUT2D eigenvalue weighted by molar-refractivity contribution is 0.0794. The van der Waals surface area contributed by atoms with Crippen molar-refractivity contribution < 1.29 is 13.5 Å². The molecule has 0 aliphatic rings. The summed E-state index contributed by atoms with van der Waals surface area (Å²) in [5.74, 6) is 0.201. The van der Waals surface area contributed by atoms with Gasteiger partial charge in [-0.25, -0.2) is 18.7 Å². The summed E-state index contributed by atoms with van der Waals surface area (Å²) in [6.45, 7) is 1.29. The average molecular weight is 188 g/mol. The molecular weight excluding hydrogens is 178 g/mol. The molecule has 0 aliphatic heterocycles. The van der Waals surface area contributed by atoms with Crippen LogP contribution in [0, 0.1) is 0 Å². The molecule has 0 saturated carbocycles. The molecule has 0 aromatic carbocycles. The fourth-order valence-corrected chi connectivity index (χ4v) is 0.798. The summed E-state index contributed by atoms with van der Waals surface area (Å²) in [5, 5.41) is 0. The molecule has 1 heterocycles. The van der Waals surface area contributed by atoms with Crippen LogP contribution >= 0.6 is 0 Å². The standard InChI is InChI=1S/C8H10F2N2O/c1-2-6-3-8(12-5-11-6)13-4-7(9)10/h3,5,7H,2,4H2,1H3. The van der Waals surface area contributed by atoms with Crippen LogP contribution in [0.3, 0.4) is 0 Å².